The van der Waals surface area contributed by atoms with Gasteiger partial charge in [-0.25, -0.2) is 0 Å². The summed E-state index contributed by atoms with van der Waals surface area (Å²) in [6.07, 6.45) is 0. The molecule has 0 unspecified atom stereocenters. The van der Waals surface area contributed by atoms with Gasteiger partial charge in [-0.15, -0.1) is 0 Å². The van der Waals surface area contributed by atoms with Crippen LogP contribution in [0.2, 0.25) is 0 Å². The van der Waals surface area contributed by atoms with E-state index in [1.54, 1.807) is 0 Å². The van der Waals surface area contributed by atoms with Crippen LogP contribution in [0.25, 0.3) is 0 Å². The van der Waals surface area contributed by atoms with Crippen molar-refractivity contribution in [3.8, 4) is 0 Å². The SMILES string of the molecule is [S-2].[S-2].[S-2].[Yb+3].[Yb+3]. The Morgan fingerprint density at radius 2 is 0.400 bits per heavy atom. The van der Waals surface area contributed by atoms with Gasteiger partial charge < -0.3 is 40.5 Å². The average Bonchev–Trinajstić information content (AvgIpc) is 0. The van der Waals surface area contributed by atoms with E-state index in [4.69, 9.17) is 0 Å². The zero-order valence-corrected chi connectivity index (χ0v) is 7.64. The molecule has 0 aromatic rings. The molecule has 5 heavy (non-hydrogen) atoms. The summed E-state index contributed by atoms with van der Waals surface area (Å²) in [4.78, 5) is 0. The van der Waals surface area contributed by atoms with Gasteiger partial charge in [0.05, 0.1) is 0 Å². The van der Waals surface area contributed by atoms with Crippen LogP contribution in [0, 0.1) is 93.8 Å². The molecule has 0 N–H and O–H groups in total. The number of hydrogen-bond acceptors (Lipinski definition) is 0. The van der Waals surface area contributed by atoms with Crippen molar-refractivity contribution in [3.63, 3.8) is 0 Å². The summed E-state index contributed by atoms with van der Waals surface area (Å²) >= 11 is 0. The van der Waals surface area contributed by atoms with Crippen LogP contribution in [0.15, 0.2) is 0 Å². The third-order valence-electron chi connectivity index (χ3n) is 0. The Kier molecular flexibility index (Phi) is 173. The molecule has 0 spiro atoms. The summed E-state index contributed by atoms with van der Waals surface area (Å²) in [5.41, 5.74) is 0. The Hall–Kier alpha value is 4.09. The molecule has 0 aliphatic carbocycles. The van der Waals surface area contributed by atoms with Crippen LogP contribution in [-0.2, 0) is 40.5 Å². The molecule has 5 heteroatoms. The fourth-order valence-corrected chi connectivity index (χ4v) is 0. The van der Waals surface area contributed by atoms with E-state index >= 15 is 0 Å². The fraction of sp³-hybridized carbons (Fsp3) is 0. The maximum absolute atomic E-state index is 0. The zero-order chi connectivity index (χ0) is 0. The normalized spacial score (nSPS) is 0. The quantitative estimate of drug-likeness (QED) is 0.496. The van der Waals surface area contributed by atoms with Gasteiger partial charge in [0, 0.05) is 0 Å². The summed E-state index contributed by atoms with van der Waals surface area (Å²) in [7, 11) is 0. The van der Waals surface area contributed by atoms with Crippen LogP contribution in [0.4, 0.5) is 0 Å². The first-order valence-electron chi connectivity index (χ1n) is 0. The minimum atomic E-state index is 0. The average molecular weight is 442 g/mol. The predicted octanol–water partition coefficient (Wildman–Crippen LogP) is -0.00720. The van der Waals surface area contributed by atoms with Gasteiger partial charge in [0.1, 0.15) is 0 Å². The summed E-state index contributed by atoms with van der Waals surface area (Å²) in [5, 5.41) is 0. The Morgan fingerprint density at radius 1 is 0.400 bits per heavy atom. The van der Waals surface area contributed by atoms with E-state index < -0.39 is 0 Å². The van der Waals surface area contributed by atoms with Crippen LogP contribution >= 0.6 is 0 Å². The molecule has 0 saturated heterocycles. The van der Waals surface area contributed by atoms with Crippen molar-refractivity contribution in [3.05, 3.63) is 0 Å². The molecule has 0 rings (SSSR count). The van der Waals surface area contributed by atoms with Crippen LogP contribution < -0.4 is 0 Å². The first kappa shape index (κ1) is 35.6. The topological polar surface area (TPSA) is 0 Å². The molecule has 0 heterocycles. The molecule has 0 bridgehead atoms. The van der Waals surface area contributed by atoms with Gasteiger partial charge in [0.25, 0.3) is 0 Å². The van der Waals surface area contributed by atoms with E-state index in [-0.39, 0.29) is 134 Å². The summed E-state index contributed by atoms with van der Waals surface area (Å²) in [6.45, 7) is 0. The van der Waals surface area contributed by atoms with Crippen LogP contribution in [0.3, 0.4) is 0 Å². The minimum absolute atomic E-state index is 0. The summed E-state index contributed by atoms with van der Waals surface area (Å²) in [6, 6.07) is 0. The maximum atomic E-state index is 0. The third kappa shape index (κ3) is 17.9. The molecule has 0 fully saturated rings. The molecule has 0 aliphatic heterocycles. The van der Waals surface area contributed by atoms with Gasteiger partial charge in [-0.3, -0.25) is 0 Å². The predicted molar refractivity (Wildman–Crippen MR) is 22.1 cm³/mol. The molecule has 0 saturated carbocycles. The fourth-order valence-electron chi connectivity index (χ4n) is 0. The van der Waals surface area contributed by atoms with Crippen LogP contribution in [-0.4, -0.2) is 0 Å². The van der Waals surface area contributed by atoms with Crippen LogP contribution in [0.5, 0.6) is 0 Å². The van der Waals surface area contributed by atoms with Gasteiger partial charge in [-0.05, 0) is 0 Å². The molecular formula is S3Yb2. The van der Waals surface area contributed by atoms with Crippen molar-refractivity contribution >= 4 is 40.5 Å². The first-order valence-corrected chi connectivity index (χ1v) is 0. The molecule has 0 atom stereocenters. The van der Waals surface area contributed by atoms with Gasteiger partial charge in [-0.2, -0.15) is 0 Å². The van der Waals surface area contributed by atoms with E-state index in [0.29, 0.717) is 0 Å². The molecule has 0 aromatic carbocycles. The minimum Gasteiger partial charge on any atom is -2.00 e. The number of rotatable bonds is 0. The van der Waals surface area contributed by atoms with Crippen molar-refractivity contribution in [1.82, 2.24) is 0 Å². The van der Waals surface area contributed by atoms with E-state index in [1.807, 2.05) is 0 Å². The Bertz CT molecular complexity index is 4.85. The summed E-state index contributed by atoms with van der Waals surface area (Å²) < 4.78 is 0. The van der Waals surface area contributed by atoms with Crippen LogP contribution in [0.1, 0.15) is 0 Å². The Balaban J connectivity index is 0. The van der Waals surface area contributed by atoms with E-state index in [0.717, 1.165) is 0 Å². The van der Waals surface area contributed by atoms with E-state index in [9.17, 15) is 0 Å². The molecule has 46 valence electrons. The third-order valence-corrected chi connectivity index (χ3v) is 0. The van der Waals surface area contributed by atoms with Crippen molar-refractivity contribution in [1.29, 1.82) is 0 Å². The second-order valence-electron chi connectivity index (χ2n) is 0. The Morgan fingerprint density at radius 3 is 0.400 bits per heavy atom. The van der Waals surface area contributed by atoms with Crippen molar-refractivity contribution in [2.24, 2.45) is 0 Å². The standard InChI is InChI=1S/3S.2Yb/q3*-2;2*+3. The molecule has 0 aromatic heterocycles. The van der Waals surface area contributed by atoms with Crippen molar-refractivity contribution < 1.29 is 93.8 Å². The second-order valence-corrected chi connectivity index (χ2v) is 0. The monoisotopic (exact) mass is 444 g/mol. The van der Waals surface area contributed by atoms with Crippen molar-refractivity contribution in [2.45, 2.75) is 0 Å². The molecule has 0 nitrogen and oxygen atoms in total. The van der Waals surface area contributed by atoms with Gasteiger partial charge in [-0.1, -0.05) is 0 Å². The largest absolute Gasteiger partial charge is 3.00 e. The summed E-state index contributed by atoms with van der Waals surface area (Å²) in [5.74, 6) is 0. The smallest absolute Gasteiger partial charge is 2.00 e. The molecule has 0 aliphatic rings. The van der Waals surface area contributed by atoms with Gasteiger partial charge in [0.15, 0.2) is 0 Å². The van der Waals surface area contributed by atoms with E-state index in [1.165, 1.54) is 0 Å². The van der Waals surface area contributed by atoms with Gasteiger partial charge in [0.2, 0.25) is 0 Å². The molecular weight excluding hydrogens is 442 g/mol. The second kappa shape index (κ2) is 24.3. The Labute approximate surface area is 130 Å². The maximum Gasteiger partial charge on any atom is 3.00 e. The molecule has 0 amide bonds. The van der Waals surface area contributed by atoms with E-state index in [2.05, 4.69) is 0 Å². The molecule has 2 radical (unpaired) electrons. The van der Waals surface area contributed by atoms with Crippen molar-refractivity contribution in [2.75, 3.05) is 0 Å². The van der Waals surface area contributed by atoms with Gasteiger partial charge >= 0.3 is 93.8 Å². The number of hydrogen-bond donors (Lipinski definition) is 0. The first-order chi connectivity index (χ1) is 0. The zero-order valence-electron chi connectivity index (χ0n) is 1.76.